The average Bonchev–Trinajstić information content (AvgIpc) is 3.13. The highest BCUT2D eigenvalue weighted by molar-refractivity contribution is 5.91. The summed E-state index contributed by atoms with van der Waals surface area (Å²) >= 11 is 0. The number of carboxylic acid groups (broad SMARTS) is 1. The van der Waals surface area contributed by atoms with Gasteiger partial charge in [0, 0.05) is 67.0 Å². The summed E-state index contributed by atoms with van der Waals surface area (Å²) in [6, 6.07) is 17.3. The number of aromatic hydroxyl groups is 1. The summed E-state index contributed by atoms with van der Waals surface area (Å²) in [6.07, 6.45) is 9.28. The SMILES string of the molecule is COc1ccc(-c2cnc(N3CCC(NCc4ccc(/C=C/C(=O)NO)cc4)CC3)c(C#N)c2-c2cnc(C#N)nc2)cc1O.O=CO. The largest absolute Gasteiger partial charge is 0.504 e. The molecule has 1 aliphatic rings. The lowest BCUT2D eigenvalue weighted by Crippen LogP contribution is -2.42. The van der Waals surface area contributed by atoms with Crippen LogP contribution in [-0.2, 0) is 16.1 Å². The fraction of sp³-hybridized carbons (Fsp3) is 0.206. The maximum atomic E-state index is 11.2. The molecule has 1 aliphatic heterocycles. The number of methoxy groups -OCH3 is 1. The predicted octanol–water partition coefficient (Wildman–Crippen LogP) is 3.64. The van der Waals surface area contributed by atoms with Crippen molar-refractivity contribution in [2.75, 3.05) is 25.1 Å². The molecule has 2 aromatic carbocycles. The number of hydrogen-bond donors (Lipinski definition) is 5. The van der Waals surface area contributed by atoms with Gasteiger partial charge < -0.3 is 25.2 Å². The number of rotatable bonds is 9. The Kier molecular flexibility index (Phi) is 12.1. The van der Waals surface area contributed by atoms with Crippen LogP contribution < -0.4 is 20.4 Å². The zero-order valence-corrected chi connectivity index (χ0v) is 25.9. The molecular formula is C34H32N8O6. The zero-order valence-electron chi connectivity index (χ0n) is 25.9. The van der Waals surface area contributed by atoms with E-state index in [9.17, 15) is 20.4 Å². The van der Waals surface area contributed by atoms with Crippen molar-refractivity contribution >= 4 is 24.3 Å². The van der Waals surface area contributed by atoms with E-state index in [4.69, 9.17) is 24.8 Å². The third kappa shape index (κ3) is 8.46. The normalized spacial score (nSPS) is 12.7. The molecule has 1 amide bonds. The number of hydroxylamine groups is 1. The summed E-state index contributed by atoms with van der Waals surface area (Å²) in [5, 5.41) is 49.2. The van der Waals surface area contributed by atoms with Crippen LogP contribution in [0.5, 0.6) is 11.5 Å². The predicted molar refractivity (Wildman–Crippen MR) is 175 cm³/mol. The summed E-state index contributed by atoms with van der Waals surface area (Å²) in [4.78, 5) is 34.6. The molecule has 244 valence electrons. The topological polar surface area (TPSA) is 218 Å². The molecule has 0 atom stereocenters. The van der Waals surface area contributed by atoms with E-state index in [1.165, 1.54) is 25.6 Å². The number of ether oxygens (including phenoxy) is 1. The van der Waals surface area contributed by atoms with Gasteiger partial charge in [-0.15, -0.1) is 0 Å². The van der Waals surface area contributed by atoms with Crippen molar-refractivity contribution in [1.82, 2.24) is 25.7 Å². The molecule has 4 aromatic rings. The molecule has 0 bridgehead atoms. The minimum absolute atomic E-state index is 0.0182. The highest BCUT2D eigenvalue weighted by Gasteiger charge is 2.26. The Morgan fingerprint density at radius 3 is 2.31 bits per heavy atom. The fourth-order valence-corrected chi connectivity index (χ4v) is 5.25. The summed E-state index contributed by atoms with van der Waals surface area (Å²) in [5.74, 6) is 0.258. The second kappa shape index (κ2) is 16.8. The number of carbonyl (C=O) groups excluding carboxylic acids is 1. The molecule has 0 aliphatic carbocycles. The molecule has 3 heterocycles. The number of phenols is 1. The highest BCUT2D eigenvalue weighted by Crippen LogP contribution is 2.40. The third-order valence-corrected chi connectivity index (χ3v) is 7.61. The number of hydrogen-bond acceptors (Lipinski definition) is 12. The number of carbonyl (C=O) groups is 2. The van der Waals surface area contributed by atoms with E-state index in [1.54, 1.807) is 36.0 Å². The van der Waals surface area contributed by atoms with Gasteiger partial charge in [0.25, 0.3) is 12.4 Å². The van der Waals surface area contributed by atoms with E-state index < -0.39 is 5.91 Å². The number of anilines is 1. The number of piperidine rings is 1. The van der Waals surface area contributed by atoms with E-state index in [2.05, 4.69) is 26.3 Å². The second-order valence-electron chi connectivity index (χ2n) is 10.4. The van der Waals surface area contributed by atoms with Gasteiger partial charge in [0.2, 0.25) is 5.82 Å². The first-order chi connectivity index (χ1) is 23.3. The quantitative estimate of drug-likeness (QED) is 0.0759. The van der Waals surface area contributed by atoms with Gasteiger partial charge in [-0.05, 0) is 47.7 Å². The summed E-state index contributed by atoms with van der Waals surface area (Å²) < 4.78 is 5.19. The van der Waals surface area contributed by atoms with Gasteiger partial charge in [-0.3, -0.25) is 14.8 Å². The van der Waals surface area contributed by atoms with Crippen molar-refractivity contribution in [2.45, 2.75) is 25.4 Å². The summed E-state index contributed by atoms with van der Waals surface area (Å²) in [6.45, 7) is 1.80. The van der Waals surface area contributed by atoms with Crippen molar-refractivity contribution in [3.8, 4) is 45.9 Å². The van der Waals surface area contributed by atoms with Crippen molar-refractivity contribution in [2.24, 2.45) is 0 Å². The Morgan fingerprint density at radius 2 is 1.73 bits per heavy atom. The number of benzene rings is 2. The van der Waals surface area contributed by atoms with E-state index >= 15 is 0 Å². The van der Waals surface area contributed by atoms with Crippen LogP contribution in [-0.4, -0.2) is 69.0 Å². The van der Waals surface area contributed by atoms with E-state index in [-0.39, 0.29) is 24.1 Å². The first-order valence-electron chi connectivity index (χ1n) is 14.7. The molecule has 5 N–H and O–H groups in total. The molecule has 2 aromatic heterocycles. The zero-order chi connectivity index (χ0) is 34.5. The minimum Gasteiger partial charge on any atom is -0.504 e. The number of nitrogens with one attached hydrogen (secondary N) is 2. The lowest BCUT2D eigenvalue weighted by molar-refractivity contribution is -0.124. The Bertz CT molecular complexity index is 1840. The molecule has 14 nitrogen and oxygen atoms in total. The van der Waals surface area contributed by atoms with Gasteiger partial charge in [-0.2, -0.15) is 10.5 Å². The molecule has 5 rings (SSSR count). The van der Waals surface area contributed by atoms with Gasteiger partial charge in [-0.1, -0.05) is 30.3 Å². The van der Waals surface area contributed by atoms with E-state index in [0.717, 1.165) is 24.0 Å². The van der Waals surface area contributed by atoms with Gasteiger partial charge in [0.15, 0.2) is 11.5 Å². The molecule has 0 unspecified atom stereocenters. The maximum Gasteiger partial charge on any atom is 0.290 e. The first-order valence-corrected chi connectivity index (χ1v) is 14.7. The molecule has 1 fully saturated rings. The maximum absolute atomic E-state index is 11.2. The lowest BCUT2D eigenvalue weighted by atomic mass is 9.93. The van der Waals surface area contributed by atoms with Crippen LogP contribution in [0.25, 0.3) is 28.3 Å². The monoisotopic (exact) mass is 648 g/mol. The van der Waals surface area contributed by atoms with Crippen molar-refractivity contribution < 1.29 is 29.7 Å². The van der Waals surface area contributed by atoms with Crippen molar-refractivity contribution in [3.05, 3.63) is 89.6 Å². The van der Waals surface area contributed by atoms with Gasteiger partial charge in [0.05, 0.1) is 7.11 Å². The Balaban J connectivity index is 0.00000167. The molecule has 0 spiro atoms. The summed E-state index contributed by atoms with van der Waals surface area (Å²) in [5.41, 5.74) is 6.22. The van der Waals surface area contributed by atoms with Crippen LogP contribution in [0.1, 0.15) is 35.4 Å². The van der Waals surface area contributed by atoms with Crippen LogP contribution >= 0.6 is 0 Å². The first kappa shape index (κ1) is 34.5. The summed E-state index contributed by atoms with van der Waals surface area (Å²) in [7, 11) is 1.47. The molecule has 0 radical (unpaired) electrons. The lowest BCUT2D eigenvalue weighted by Gasteiger charge is -2.34. The van der Waals surface area contributed by atoms with Gasteiger partial charge in [-0.25, -0.2) is 20.4 Å². The Hall–Kier alpha value is -6.35. The number of pyridine rings is 1. The standard InChI is InChI=1S/C33H30N8O4.CH2O2/c1-45-29-8-7-23(14-28(29)42)27-20-39-33(26(15-34)32(27)24-18-37-30(16-35)38-19-24)41-12-10-25(11-13-41)36-17-22-4-2-21(3-5-22)6-9-31(43)40-44;2-1-3/h2-9,14,18-20,25,36,42,44H,10-13,17H2,1H3,(H,40,43);1H,(H,2,3)/b9-6+;. The number of aromatic nitrogens is 3. The molecule has 0 saturated carbocycles. The number of amides is 1. The van der Waals surface area contributed by atoms with Crippen LogP contribution in [0.15, 0.2) is 67.1 Å². The Labute approximate surface area is 276 Å². The second-order valence-corrected chi connectivity index (χ2v) is 10.4. The van der Waals surface area contributed by atoms with Crippen LogP contribution in [0, 0.1) is 22.7 Å². The van der Waals surface area contributed by atoms with E-state index in [1.807, 2.05) is 30.3 Å². The van der Waals surface area contributed by atoms with Crippen molar-refractivity contribution in [3.63, 3.8) is 0 Å². The Morgan fingerprint density at radius 1 is 1.04 bits per heavy atom. The molecule has 1 saturated heterocycles. The van der Waals surface area contributed by atoms with E-state index in [0.29, 0.717) is 59.0 Å². The van der Waals surface area contributed by atoms with Gasteiger partial charge >= 0.3 is 0 Å². The third-order valence-electron chi connectivity index (χ3n) is 7.61. The fourth-order valence-electron chi connectivity index (χ4n) is 5.25. The smallest absolute Gasteiger partial charge is 0.290 e. The molecular weight excluding hydrogens is 616 g/mol. The van der Waals surface area contributed by atoms with Gasteiger partial charge in [0.1, 0.15) is 23.5 Å². The molecule has 14 heteroatoms. The average molecular weight is 649 g/mol. The van der Waals surface area contributed by atoms with Crippen molar-refractivity contribution in [1.29, 1.82) is 10.5 Å². The van der Waals surface area contributed by atoms with Crippen LogP contribution in [0.4, 0.5) is 5.82 Å². The highest BCUT2D eigenvalue weighted by atomic mass is 16.5. The number of phenolic OH excluding ortho intramolecular Hbond substituents is 1. The number of nitriles is 2. The van der Waals surface area contributed by atoms with Crippen LogP contribution in [0.2, 0.25) is 0 Å². The minimum atomic E-state index is -0.586. The molecule has 48 heavy (non-hydrogen) atoms. The van der Waals surface area contributed by atoms with Crippen LogP contribution in [0.3, 0.4) is 0 Å². The number of nitrogens with zero attached hydrogens (tertiary/aromatic N) is 6.